The molecule has 0 unspecified atom stereocenters. The molecule has 0 spiro atoms. The summed E-state index contributed by atoms with van der Waals surface area (Å²) in [5, 5.41) is 0. The molecule has 4 heteroatoms. The minimum atomic E-state index is 0.274. The van der Waals surface area contributed by atoms with Crippen molar-refractivity contribution in [2.24, 2.45) is 11.8 Å². The van der Waals surface area contributed by atoms with Crippen LogP contribution >= 0.6 is 0 Å². The van der Waals surface area contributed by atoms with E-state index in [1.54, 1.807) is 0 Å². The first-order valence-electron chi connectivity index (χ1n) is 7.78. The smallest absolute Gasteiger partial charge is 0.320 e. The molecule has 4 nitrogen and oxygen atoms in total. The largest absolute Gasteiger partial charge is 0.325 e. The van der Waals surface area contributed by atoms with Gasteiger partial charge in [-0.1, -0.05) is 13.8 Å². The van der Waals surface area contributed by atoms with Crippen LogP contribution < -0.4 is 0 Å². The van der Waals surface area contributed by atoms with Gasteiger partial charge < -0.3 is 14.7 Å². The van der Waals surface area contributed by atoms with Crippen molar-refractivity contribution in [2.45, 2.75) is 33.1 Å². The fraction of sp³-hybridized carbons (Fsp3) is 0.933. The van der Waals surface area contributed by atoms with Crippen LogP contribution in [0.3, 0.4) is 0 Å². The molecule has 0 saturated carbocycles. The lowest BCUT2D eigenvalue weighted by Crippen LogP contribution is -2.53. The Morgan fingerprint density at radius 3 is 2.05 bits per heavy atom. The highest BCUT2D eigenvalue weighted by Crippen LogP contribution is 2.24. The van der Waals surface area contributed by atoms with Gasteiger partial charge in [-0.15, -0.1) is 0 Å². The van der Waals surface area contributed by atoms with Crippen molar-refractivity contribution in [2.75, 3.05) is 46.3 Å². The normalized spacial score (nSPS) is 23.2. The third kappa shape index (κ3) is 4.10. The van der Waals surface area contributed by atoms with Crippen molar-refractivity contribution in [1.82, 2.24) is 14.7 Å². The molecule has 2 aliphatic heterocycles. The first-order valence-corrected chi connectivity index (χ1v) is 7.78. The molecule has 0 radical (unpaired) electrons. The highest BCUT2D eigenvalue weighted by Gasteiger charge is 2.27. The zero-order chi connectivity index (χ0) is 13.8. The average molecular weight is 267 g/mol. The summed E-state index contributed by atoms with van der Waals surface area (Å²) >= 11 is 0. The number of hydrogen-bond acceptors (Lipinski definition) is 2. The molecule has 19 heavy (non-hydrogen) atoms. The maximum Gasteiger partial charge on any atom is 0.320 e. The van der Waals surface area contributed by atoms with Crippen molar-refractivity contribution in [1.29, 1.82) is 0 Å². The third-order valence-electron chi connectivity index (χ3n) is 4.46. The first kappa shape index (κ1) is 14.6. The van der Waals surface area contributed by atoms with Gasteiger partial charge in [-0.05, 0) is 38.1 Å². The van der Waals surface area contributed by atoms with Gasteiger partial charge in [0.05, 0.1) is 0 Å². The topological polar surface area (TPSA) is 26.8 Å². The minimum Gasteiger partial charge on any atom is -0.325 e. The van der Waals surface area contributed by atoms with Crippen LogP contribution in [0.5, 0.6) is 0 Å². The number of hydrogen-bond donors (Lipinski definition) is 0. The lowest BCUT2D eigenvalue weighted by Gasteiger charge is -2.39. The summed E-state index contributed by atoms with van der Waals surface area (Å²) in [6, 6.07) is 0.274. The van der Waals surface area contributed by atoms with Crippen LogP contribution in [-0.2, 0) is 0 Å². The molecule has 0 N–H and O–H groups in total. The van der Waals surface area contributed by atoms with E-state index in [0.29, 0.717) is 0 Å². The molecule has 0 aromatic rings. The van der Waals surface area contributed by atoms with E-state index in [9.17, 15) is 4.79 Å². The average Bonchev–Trinajstić information content (AvgIpc) is 2.39. The minimum absolute atomic E-state index is 0.274. The lowest BCUT2D eigenvalue weighted by molar-refractivity contribution is 0.106. The van der Waals surface area contributed by atoms with Crippen LogP contribution in [0.2, 0.25) is 0 Å². The molecule has 110 valence electrons. The van der Waals surface area contributed by atoms with E-state index in [2.05, 4.69) is 30.7 Å². The van der Waals surface area contributed by atoms with E-state index < -0.39 is 0 Å². The van der Waals surface area contributed by atoms with E-state index in [0.717, 1.165) is 51.1 Å². The summed E-state index contributed by atoms with van der Waals surface area (Å²) in [7, 11) is 2.12. The van der Waals surface area contributed by atoms with E-state index >= 15 is 0 Å². The number of carbonyl (C=O) groups excluding carboxylic acids is 1. The van der Waals surface area contributed by atoms with Gasteiger partial charge in [0, 0.05) is 39.3 Å². The fourth-order valence-electron chi connectivity index (χ4n) is 3.22. The summed E-state index contributed by atoms with van der Waals surface area (Å²) in [5.74, 6) is 1.61. The zero-order valence-corrected chi connectivity index (χ0v) is 12.8. The molecule has 0 aliphatic carbocycles. The molecule has 0 aromatic heterocycles. The molecule has 0 bridgehead atoms. The summed E-state index contributed by atoms with van der Waals surface area (Å²) in [4.78, 5) is 18.8. The second-order valence-electron chi connectivity index (χ2n) is 6.63. The quantitative estimate of drug-likeness (QED) is 0.766. The Morgan fingerprint density at radius 1 is 1.00 bits per heavy atom. The molecule has 2 amide bonds. The molecule has 2 saturated heterocycles. The maximum atomic E-state index is 12.4. The number of rotatable bonds is 2. The zero-order valence-electron chi connectivity index (χ0n) is 12.8. The highest BCUT2D eigenvalue weighted by atomic mass is 16.2. The van der Waals surface area contributed by atoms with Crippen molar-refractivity contribution in [3.8, 4) is 0 Å². The molecule has 2 rings (SSSR count). The predicted octanol–water partition coefficient (Wildman–Crippen LogP) is 2.11. The van der Waals surface area contributed by atoms with Gasteiger partial charge in [0.15, 0.2) is 0 Å². The Balaban J connectivity index is 1.76. The number of amides is 2. The van der Waals surface area contributed by atoms with Gasteiger partial charge in [0.25, 0.3) is 0 Å². The number of piperidine rings is 1. The number of piperazine rings is 1. The molecule has 2 fully saturated rings. The van der Waals surface area contributed by atoms with Gasteiger partial charge in [-0.2, -0.15) is 0 Å². The highest BCUT2D eigenvalue weighted by molar-refractivity contribution is 5.74. The Morgan fingerprint density at radius 2 is 1.53 bits per heavy atom. The van der Waals surface area contributed by atoms with Crippen LogP contribution in [-0.4, -0.2) is 67.0 Å². The Bertz CT molecular complexity index is 290. The van der Waals surface area contributed by atoms with Crippen LogP contribution in [0.15, 0.2) is 0 Å². The van der Waals surface area contributed by atoms with E-state index in [-0.39, 0.29) is 6.03 Å². The van der Waals surface area contributed by atoms with Crippen LogP contribution in [0, 0.1) is 11.8 Å². The summed E-state index contributed by atoms with van der Waals surface area (Å²) in [6.07, 6.45) is 3.70. The van der Waals surface area contributed by atoms with Crippen LogP contribution in [0.25, 0.3) is 0 Å². The number of nitrogens with zero attached hydrogens (tertiary/aromatic N) is 3. The molecule has 0 aromatic carbocycles. The molecule has 2 heterocycles. The van der Waals surface area contributed by atoms with E-state index in [1.165, 1.54) is 19.3 Å². The van der Waals surface area contributed by atoms with Crippen molar-refractivity contribution in [3.05, 3.63) is 0 Å². The monoisotopic (exact) mass is 267 g/mol. The predicted molar refractivity (Wildman–Crippen MR) is 78.2 cm³/mol. The van der Waals surface area contributed by atoms with Crippen molar-refractivity contribution >= 4 is 6.03 Å². The molecular weight excluding hydrogens is 238 g/mol. The number of likely N-dealkylation sites (N-methyl/N-ethyl adjacent to an activating group) is 1. The van der Waals surface area contributed by atoms with Gasteiger partial charge in [-0.25, -0.2) is 4.79 Å². The summed E-state index contributed by atoms with van der Waals surface area (Å²) in [5.41, 5.74) is 0. The van der Waals surface area contributed by atoms with Crippen molar-refractivity contribution in [3.63, 3.8) is 0 Å². The molecule has 0 atom stereocenters. The Labute approximate surface area is 117 Å². The Hall–Kier alpha value is -0.770. The fourth-order valence-corrected chi connectivity index (χ4v) is 3.22. The number of likely N-dealkylation sites (tertiary alicyclic amines) is 1. The van der Waals surface area contributed by atoms with Gasteiger partial charge in [-0.3, -0.25) is 0 Å². The Kier molecular flexibility index (Phi) is 5.08. The SMILES string of the molecule is CC(C)CC1CCN(C(=O)N2CCN(C)CC2)CC1. The van der Waals surface area contributed by atoms with Crippen LogP contribution in [0.1, 0.15) is 33.1 Å². The summed E-state index contributed by atoms with van der Waals surface area (Å²) in [6.45, 7) is 10.3. The number of carbonyl (C=O) groups is 1. The standard InChI is InChI=1S/C15H29N3O/c1-13(2)12-14-4-6-17(7-5-14)15(19)18-10-8-16(3)9-11-18/h13-14H,4-12H2,1-3H3. The number of urea groups is 1. The molecular formula is C15H29N3O. The van der Waals surface area contributed by atoms with Gasteiger partial charge in [0.1, 0.15) is 0 Å². The van der Waals surface area contributed by atoms with Crippen molar-refractivity contribution < 1.29 is 4.79 Å². The van der Waals surface area contributed by atoms with Gasteiger partial charge >= 0.3 is 6.03 Å². The maximum absolute atomic E-state index is 12.4. The lowest BCUT2D eigenvalue weighted by atomic mass is 9.89. The first-order chi connectivity index (χ1) is 9.06. The second kappa shape index (κ2) is 6.60. The van der Waals surface area contributed by atoms with E-state index in [1.807, 2.05) is 4.90 Å². The summed E-state index contributed by atoms with van der Waals surface area (Å²) < 4.78 is 0. The van der Waals surface area contributed by atoms with Gasteiger partial charge in [0.2, 0.25) is 0 Å². The van der Waals surface area contributed by atoms with E-state index in [4.69, 9.17) is 0 Å². The second-order valence-corrected chi connectivity index (χ2v) is 6.63. The molecule has 2 aliphatic rings. The van der Waals surface area contributed by atoms with Crippen LogP contribution in [0.4, 0.5) is 4.79 Å². The third-order valence-corrected chi connectivity index (χ3v) is 4.46.